The number of rotatable bonds is 4. The highest BCUT2D eigenvalue weighted by molar-refractivity contribution is 9.08. The Hall–Kier alpha value is -1.28. The molecule has 0 aliphatic carbocycles. The van der Waals surface area contributed by atoms with Crippen LogP contribution in [0.1, 0.15) is 18.1 Å². The Bertz CT molecular complexity index is 448. The molecular formula is C15H15BrO. The molecule has 0 spiro atoms. The average molecular weight is 291 g/mol. The molecule has 0 radical (unpaired) electrons. The number of para-hydroxylation sites is 2. The van der Waals surface area contributed by atoms with Crippen molar-refractivity contribution in [2.45, 2.75) is 18.7 Å². The maximum absolute atomic E-state index is 5.99. The zero-order valence-corrected chi connectivity index (χ0v) is 11.4. The standard InChI is InChI=1S/C15H15BrO/c1-2-12-7-3-5-9-14(12)17-15-10-6-4-8-13(15)11-16/h3-10H,2,11H2,1H3. The number of alkyl halides is 1. The van der Waals surface area contributed by atoms with E-state index in [-0.39, 0.29) is 0 Å². The van der Waals surface area contributed by atoms with Crippen LogP contribution in [0.25, 0.3) is 0 Å². The molecule has 0 heterocycles. The summed E-state index contributed by atoms with van der Waals surface area (Å²) in [6.45, 7) is 2.14. The van der Waals surface area contributed by atoms with Crippen LogP contribution in [0.4, 0.5) is 0 Å². The lowest BCUT2D eigenvalue weighted by Gasteiger charge is -2.12. The first kappa shape index (κ1) is 12.2. The maximum Gasteiger partial charge on any atom is 0.131 e. The van der Waals surface area contributed by atoms with Gasteiger partial charge in [-0.1, -0.05) is 59.3 Å². The molecule has 0 N–H and O–H groups in total. The van der Waals surface area contributed by atoms with Crippen molar-refractivity contribution in [3.63, 3.8) is 0 Å². The van der Waals surface area contributed by atoms with Gasteiger partial charge in [-0.05, 0) is 24.1 Å². The highest BCUT2D eigenvalue weighted by Gasteiger charge is 2.05. The van der Waals surface area contributed by atoms with Gasteiger partial charge in [0.2, 0.25) is 0 Å². The van der Waals surface area contributed by atoms with Crippen molar-refractivity contribution in [3.8, 4) is 11.5 Å². The fourth-order valence-corrected chi connectivity index (χ4v) is 2.19. The predicted molar refractivity (Wildman–Crippen MR) is 75.0 cm³/mol. The van der Waals surface area contributed by atoms with Crippen molar-refractivity contribution >= 4 is 15.9 Å². The fraction of sp³-hybridized carbons (Fsp3) is 0.200. The van der Waals surface area contributed by atoms with Crippen molar-refractivity contribution in [1.82, 2.24) is 0 Å². The van der Waals surface area contributed by atoms with Crippen LogP contribution >= 0.6 is 15.9 Å². The summed E-state index contributed by atoms with van der Waals surface area (Å²) < 4.78 is 5.99. The minimum absolute atomic E-state index is 0.803. The summed E-state index contributed by atoms with van der Waals surface area (Å²) in [7, 11) is 0. The molecule has 1 nitrogen and oxygen atoms in total. The van der Waals surface area contributed by atoms with Crippen molar-refractivity contribution in [2.24, 2.45) is 0 Å². The van der Waals surface area contributed by atoms with Crippen molar-refractivity contribution < 1.29 is 4.74 Å². The van der Waals surface area contributed by atoms with Crippen molar-refractivity contribution in [3.05, 3.63) is 59.7 Å². The molecule has 0 saturated carbocycles. The summed E-state index contributed by atoms with van der Waals surface area (Å²) in [5.41, 5.74) is 2.40. The third-order valence-corrected chi connectivity index (χ3v) is 3.29. The molecule has 0 saturated heterocycles. The Labute approximate surface area is 111 Å². The molecule has 2 aromatic carbocycles. The largest absolute Gasteiger partial charge is 0.457 e. The van der Waals surface area contributed by atoms with Gasteiger partial charge in [0.25, 0.3) is 0 Å². The molecule has 2 aromatic rings. The Balaban J connectivity index is 2.31. The zero-order valence-electron chi connectivity index (χ0n) is 9.82. The smallest absolute Gasteiger partial charge is 0.131 e. The summed E-state index contributed by atoms with van der Waals surface area (Å²) >= 11 is 3.48. The average Bonchev–Trinajstić information content (AvgIpc) is 2.40. The second-order valence-electron chi connectivity index (χ2n) is 3.80. The zero-order chi connectivity index (χ0) is 12.1. The van der Waals surface area contributed by atoms with E-state index in [0.29, 0.717) is 0 Å². The van der Waals surface area contributed by atoms with E-state index in [0.717, 1.165) is 23.2 Å². The Morgan fingerprint density at radius 3 is 2.00 bits per heavy atom. The Kier molecular flexibility index (Phi) is 4.21. The third-order valence-electron chi connectivity index (χ3n) is 2.69. The molecule has 0 amide bonds. The topological polar surface area (TPSA) is 9.23 Å². The van der Waals surface area contributed by atoms with Gasteiger partial charge in [-0.3, -0.25) is 0 Å². The van der Waals surface area contributed by atoms with Gasteiger partial charge in [-0.2, -0.15) is 0 Å². The molecule has 0 bridgehead atoms. The quantitative estimate of drug-likeness (QED) is 0.725. The van der Waals surface area contributed by atoms with Crippen molar-refractivity contribution in [1.29, 1.82) is 0 Å². The Morgan fingerprint density at radius 2 is 1.41 bits per heavy atom. The van der Waals surface area contributed by atoms with Crippen LogP contribution in [0.2, 0.25) is 0 Å². The Morgan fingerprint density at radius 1 is 0.882 bits per heavy atom. The number of hydrogen-bond donors (Lipinski definition) is 0. The molecule has 88 valence electrons. The SMILES string of the molecule is CCc1ccccc1Oc1ccccc1CBr. The first-order valence-electron chi connectivity index (χ1n) is 5.74. The number of ether oxygens (including phenoxy) is 1. The van der Waals surface area contributed by atoms with Crippen LogP contribution in [0.5, 0.6) is 11.5 Å². The molecule has 0 atom stereocenters. The van der Waals surface area contributed by atoms with Gasteiger partial charge in [0.15, 0.2) is 0 Å². The first-order chi connectivity index (χ1) is 8.35. The third kappa shape index (κ3) is 2.89. The van der Waals surface area contributed by atoms with Gasteiger partial charge in [-0.15, -0.1) is 0 Å². The van der Waals surface area contributed by atoms with Crippen LogP contribution < -0.4 is 4.74 Å². The summed E-state index contributed by atoms with van der Waals surface area (Å²) in [6, 6.07) is 16.3. The van der Waals surface area contributed by atoms with Crippen LogP contribution in [0.15, 0.2) is 48.5 Å². The monoisotopic (exact) mass is 290 g/mol. The number of benzene rings is 2. The van der Waals surface area contributed by atoms with E-state index >= 15 is 0 Å². The molecule has 0 aliphatic heterocycles. The van der Waals surface area contributed by atoms with Crippen molar-refractivity contribution in [2.75, 3.05) is 0 Å². The lowest BCUT2D eigenvalue weighted by molar-refractivity contribution is 0.473. The van der Waals surface area contributed by atoms with Gasteiger partial charge < -0.3 is 4.74 Å². The number of hydrogen-bond acceptors (Lipinski definition) is 1. The summed E-state index contributed by atoms with van der Waals surface area (Å²) in [5.74, 6) is 1.87. The minimum atomic E-state index is 0.803. The van der Waals surface area contributed by atoms with E-state index in [1.165, 1.54) is 11.1 Å². The van der Waals surface area contributed by atoms with Gasteiger partial charge >= 0.3 is 0 Å². The lowest BCUT2D eigenvalue weighted by Crippen LogP contribution is -1.92. The van der Waals surface area contributed by atoms with E-state index in [9.17, 15) is 0 Å². The summed E-state index contributed by atoms with van der Waals surface area (Å²) in [5, 5.41) is 0.803. The summed E-state index contributed by atoms with van der Waals surface area (Å²) in [6.07, 6.45) is 0.979. The van der Waals surface area contributed by atoms with Gasteiger partial charge in [0.05, 0.1) is 0 Å². The highest BCUT2D eigenvalue weighted by Crippen LogP contribution is 2.29. The number of aryl methyl sites for hydroxylation is 1. The molecule has 0 unspecified atom stereocenters. The number of halogens is 1. The molecule has 2 rings (SSSR count). The second kappa shape index (κ2) is 5.87. The van der Waals surface area contributed by atoms with Gasteiger partial charge in [-0.25, -0.2) is 0 Å². The van der Waals surface area contributed by atoms with Crippen LogP contribution in [-0.2, 0) is 11.8 Å². The molecular weight excluding hydrogens is 276 g/mol. The fourth-order valence-electron chi connectivity index (χ4n) is 1.73. The molecule has 0 aromatic heterocycles. The maximum atomic E-state index is 5.99. The normalized spacial score (nSPS) is 10.2. The summed E-state index contributed by atoms with van der Waals surface area (Å²) in [4.78, 5) is 0. The van der Waals surface area contributed by atoms with Gasteiger partial charge in [0, 0.05) is 10.9 Å². The van der Waals surface area contributed by atoms with Crippen LogP contribution in [0.3, 0.4) is 0 Å². The van der Waals surface area contributed by atoms with E-state index in [1.807, 2.05) is 36.4 Å². The molecule has 0 aliphatic rings. The van der Waals surface area contributed by atoms with E-state index in [2.05, 4.69) is 35.0 Å². The minimum Gasteiger partial charge on any atom is -0.457 e. The second-order valence-corrected chi connectivity index (χ2v) is 4.37. The van der Waals surface area contributed by atoms with Crippen LogP contribution in [0, 0.1) is 0 Å². The highest BCUT2D eigenvalue weighted by atomic mass is 79.9. The molecule has 2 heteroatoms. The van der Waals surface area contributed by atoms with Crippen LogP contribution in [-0.4, -0.2) is 0 Å². The van der Waals surface area contributed by atoms with Gasteiger partial charge in [0.1, 0.15) is 11.5 Å². The molecule has 0 fully saturated rings. The van der Waals surface area contributed by atoms with E-state index in [1.54, 1.807) is 0 Å². The molecule has 17 heavy (non-hydrogen) atoms. The lowest BCUT2D eigenvalue weighted by atomic mass is 10.1. The van der Waals surface area contributed by atoms with E-state index < -0.39 is 0 Å². The predicted octanol–water partition coefficient (Wildman–Crippen LogP) is 4.94. The first-order valence-corrected chi connectivity index (χ1v) is 6.87. The van der Waals surface area contributed by atoms with E-state index in [4.69, 9.17) is 4.74 Å².